The van der Waals surface area contributed by atoms with Gasteiger partial charge < -0.3 is 9.15 Å². The summed E-state index contributed by atoms with van der Waals surface area (Å²) in [6, 6.07) is 7.46. The molecule has 1 aromatic carbocycles. The molecule has 1 atom stereocenters. The first kappa shape index (κ1) is 15.3. The highest BCUT2D eigenvalue weighted by molar-refractivity contribution is 8.00. The van der Waals surface area contributed by atoms with Crippen LogP contribution in [-0.4, -0.2) is 28.5 Å². The molecule has 1 fully saturated rings. The van der Waals surface area contributed by atoms with Crippen LogP contribution in [0.25, 0.3) is 0 Å². The van der Waals surface area contributed by atoms with Crippen molar-refractivity contribution < 1.29 is 13.9 Å². The lowest BCUT2D eigenvalue weighted by Crippen LogP contribution is -2.14. The number of aromatic nitrogens is 2. The molecule has 1 aromatic heterocycles. The third-order valence-electron chi connectivity index (χ3n) is 3.09. The number of hydrogen-bond acceptors (Lipinski definition) is 6. The van der Waals surface area contributed by atoms with Crippen molar-refractivity contribution >= 4 is 35.3 Å². The minimum atomic E-state index is -0.229. The normalized spacial score (nSPS) is 17.6. The summed E-state index contributed by atoms with van der Waals surface area (Å²) >= 11 is 7.38. The number of amides is 1. The minimum absolute atomic E-state index is 0.0928. The van der Waals surface area contributed by atoms with E-state index in [0.717, 1.165) is 17.7 Å². The number of carbonyl (C=O) groups is 1. The van der Waals surface area contributed by atoms with Crippen LogP contribution < -0.4 is 5.32 Å². The smallest absolute Gasteiger partial charge is 0.322 e. The largest absolute Gasteiger partial charge is 0.405 e. The molecule has 0 bridgehead atoms. The molecule has 0 radical (unpaired) electrons. The van der Waals surface area contributed by atoms with E-state index >= 15 is 0 Å². The second kappa shape index (κ2) is 7.13. The molecule has 0 saturated carbocycles. The van der Waals surface area contributed by atoms with Crippen molar-refractivity contribution in [1.29, 1.82) is 0 Å². The third-order valence-corrected chi connectivity index (χ3v) is 4.60. The summed E-state index contributed by atoms with van der Waals surface area (Å²) in [7, 11) is 0. The van der Waals surface area contributed by atoms with Gasteiger partial charge in [0.15, 0.2) is 0 Å². The van der Waals surface area contributed by atoms with Crippen LogP contribution in [0.5, 0.6) is 0 Å². The van der Waals surface area contributed by atoms with Gasteiger partial charge in [-0.25, -0.2) is 0 Å². The van der Waals surface area contributed by atoms with Crippen LogP contribution in [0.4, 0.5) is 6.01 Å². The van der Waals surface area contributed by atoms with Crippen LogP contribution in [-0.2, 0) is 9.53 Å². The van der Waals surface area contributed by atoms with Gasteiger partial charge in [0.05, 0.1) is 10.8 Å². The van der Waals surface area contributed by atoms with E-state index in [4.69, 9.17) is 20.8 Å². The van der Waals surface area contributed by atoms with Crippen LogP contribution in [0.1, 0.15) is 24.8 Å². The molecule has 116 valence electrons. The topological polar surface area (TPSA) is 77.2 Å². The second-order valence-electron chi connectivity index (χ2n) is 4.71. The summed E-state index contributed by atoms with van der Waals surface area (Å²) in [4.78, 5) is 12.7. The molecule has 1 aliphatic heterocycles. The van der Waals surface area contributed by atoms with Crippen molar-refractivity contribution in [1.82, 2.24) is 10.2 Å². The standard InChI is InChI=1S/C14H14ClN3O3S/c15-9-4-1-2-6-11(9)22-8-12(19)16-14-18-17-13(21-14)10-5-3-7-20-10/h1-2,4,6,10H,3,5,7-8H2,(H,16,18,19). The van der Waals surface area contributed by atoms with Crippen molar-refractivity contribution in [3.63, 3.8) is 0 Å². The lowest BCUT2D eigenvalue weighted by atomic mass is 10.2. The Morgan fingerprint density at radius 1 is 1.41 bits per heavy atom. The minimum Gasteiger partial charge on any atom is -0.405 e. The van der Waals surface area contributed by atoms with Gasteiger partial charge in [0, 0.05) is 11.5 Å². The maximum absolute atomic E-state index is 11.9. The number of nitrogens with one attached hydrogen (secondary N) is 1. The zero-order chi connectivity index (χ0) is 15.4. The maximum atomic E-state index is 11.9. The van der Waals surface area contributed by atoms with Crippen molar-refractivity contribution in [3.05, 3.63) is 35.2 Å². The van der Waals surface area contributed by atoms with E-state index in [1.165, 1.54) is 11.8 Å². The Labute approximate surface area is 136 Å². The first-order chi connectivity index (χ1) is 10.7. The predicted octanol–water partition coefficient (Wildman–Crippen LogP) is 3.31. The SMILES string of the molecule is O=C(CSc1ccccc1Cl)Nc1nnc(C2CCCO2)o1. The van der Waals surface area contributed by atoms with Gasteiger partial charge in [0.2, 0.25) is 11.8 Å². The highest BCUT2D eigenvalue weighted by atomic mass is 35.5. The Morgan fingerprint density at radius 3 is 3.05 bits per heavy atom. The van der Waals surface area contributed by atoms with Crippen LogP contribution in [0.3, 0.4) is 0 Å². The third kappa shape index (κ3) is 3.79. The van der Waals surface area contributed by atoms with E-state index in [0.29, 0.717) is 17.5 Å². The van der Waals surface area contributed by atoms with Crippen LogP contribution >= 0.6 is 23.4 Å². The Balaban J connectivity index is 1.52. The summed E-state index contributed by atoms with van der Waals surface area (Å²) < 4.78 is 10.8. The second-order valence-corrected chi connectivity index (χ2v) is 6.14. The van der Waals surface area contributed by atoms with Crippen LogP contribution in [0, 0.1) is 0 Å². The average Bonchev–Trinajstić information content (AvgIpc) is 3.17. The number of hydrogen-bond donors (Lipinski definition) is 1. The number of ether oxygens (including phenoxy) is 1. The monoisotopic (exact) mass is 339 g/mol. The van der Waals surface area contributed by atoms with E-state index in [9.17, 15) is 4.79 Å². The summed E-state index contributed by atoms with van der Waals surface area (Å²) in [6.45, 7) is 0.698. The molecule has 1 aliphatic rings. The molecule has 1 amide bonds. The Kier molecular flexibility index (Phi) is 4.97. The van der Waals surface area contributed by atoms with E-state index in [1.54, 1.807) is 6.07 Å². The van der Waals surface area contributed by atoms with Gasteiger partial charge in [-0.1, -0.05) is 28.8 Å². The predicted molar refractivity (Wildman–Crippen MR) is 83.0 cm³/mol. The van der Waals surface area contributed by atoms with Gasteiger partial charge in [-0.3, -0.25) is 10.1 Å². The zero-order valence-electron chi connectivity index (χ0n) is 11.6. The highest BCUT2D eigenvalue weighted by Crippen LogP contribution is 2.29. The molecule has 1 N–H and O–H groups in total. The van der Waals surface area contributed by atoms with E-state index in [1.807, 2.05) is 18.2 Å². The number of halogens is 1. The summed E-state index contributed by atoms with van der Waals surface area (Å²) in [6.07, 6.45) is 1.68. The Morgan fingerprint density at radius 2 is 2.27 bits per heavy atom. The molecule has 0 spiro atoms. The van der Waals surface area contributed by atoms with Gasteiger partial charge in [-0.15, -0.1) is 16.9 Å². The molecule has 22 heavy (non-hydrogen) atoms. The zero-order valence-corrected chi connectivity index (χ0v) is 13.2. The van der Waals surface area contributed by atoms with Gasteiger partial charge in [-0.05, 0) is 25.0 Å². The number of anilines is 1. The number of thioether (sulfide) groups is 1. The van der Waals surface area contributed by atoms with Crippen LogP contribution in [0.2, 0.25) is 5.02 Å². The quantitative estimate of drug-likeness (QED) is 0.842. The van der Waals surface area contributed by atoms with E-state index in [2.05, 4.69) is 15.5 Å². The Hall–Kier alpha value is -1.57. The molecular weight excluding hydrogens is 326 g/mol. The van der Waals surface area contributed by atoms with Crippen molar-refractivity contribution in [2.75, 3.05) is 17.7 Å². The number of carbonyl (C=O) groups excluding carboxylic acids is 1. The van der Waals surface area contributed by atoms with E-state index in [-0.39, 0.29) is 23.8 Å². The number of benzene rings is 1. The molecule has 2 aromatic rings. The molecule has 6 nitrogen and oxygen atoms in total. The first-order valence-corrected chi connectivity index (χ1v) is 8.21. The van der Waals surface area contributed by atoms with Gasteiger partial charge in [-0.2, -0.15) is 0 Å². The van der Waals surface area contributed by atoms with Gasteiger partial charge in [0.1, 0.15) is 6.10 Å². The molecule has 8 heteroatoms. The van der Waals surface area contributed by atoms with Crippen molar-refractivity contribution in [2.24, 2.45) is 0 Å². The molecular formula is C14H14ClN3O3S. The summed E-state index contributed by atoms with van der Waals surface area (Å²) in [5.41, 5.74) is 0. The van der Waals surface area contributed by atoms with E-state index < -0.39 is 0 Å². The van der Waals surface area contributed by atoms with Crippen LogP contribution in [0.15, 0.2) is 33.6 Å². The molecule has 0 aliphatic carbocycles. The maximum Gasteiger partial charge on any atom is 0.322 e. The molecule has 3 rings (SSSR count). The summed E-state index contributed by atoms with van der Waals surface area (Å²) in [5.74, 6) is 0.389. The molecule has 2 heterocycles. The fourth-order valence-electron chi connectivity index (χ4n) is 2.05. The summed E-state index contributed by atoms with van der Waals surface area (Å²) in [5, 5.41) is 10.9. The molecule has 1 unspecified atom stereocenters. The first-order valence-electron chi connectivity index (χ1n) is 6.84. The highest BCUT2D eigenvalue weighted by Gasteiger charge is 2.24. The molecule has 1 saturated heterocycles. The number of nitrogens with zero attached hydrogens (tertiary/aromatic N) is 2. The number of rotatable bonds is 5. The lowest BCUT2D eigenvalue weighted by Gasteiger charge is -2.03. The lowest BCUT2D eigenvalue weighted by molar-refractivity contribution is -0.113. The van der Waals surface area contributed by atoms with Gasteiger partial charge >= 0.3 is 6.01 Å². The fraction of sp³-hybridized carbons (Fsp3) is 0.357. The Bertz CT molecular complexity index is 658. The van der Waals surface area contributed by atoms with Gasteiger partial charge in [0.25, 0.3) is 0 Å². The fourth-order valence-corrected chi connectivity index (χ4v) is 3.09. The average molecular weight is 340 g/mol. The van der Waals surface area contributed by atoms with Crippen molar-refractivity contribution in [2.45, 2.75) is 23.8 Å². The van der Waals surface area contributed by atoms with Crippen molar-refractivity contribution in [3.8, 4) is 0 Å².